The maximum Gasteiger partial charge on any atom is 0.163 e. The molecule has 5 rings (SSSR count). The van der Waals surface area contributed by atoms with Crippen LogP contribution in [0, 0.1) is 6.92 Å². The molecule has 6 nitrogen and oxygen atoms in total. The molecule has 1 aromatic carbocycles. The van der Waals surface area contributed by atoms with Gasteiger partial charge < -0.3 is 15.4 Å². The van der Waals surface area contributed by atoms with E-state index in [1.807, 2.05) is 24.4 Å². The predicted molar refractivity (Wildman–Crippen MR) is 122 cm³/mol. The van der Waals surface area contributed by atoms with E-state index in [-0.39, 0.29) is 0 Å². The van der Waals surface area contributed by atoms with Crippen LogP contribution in [0.4, 0.5) is 11.6 Å². The molecule has 4 aromatic rings. The number of ether oxygens (including phenoxy) is 1. The second-order valence-corrected chi connectivity index (χ2v) is 8.61. The number of thiophene rings is 1. The lowest BCUT2D eigenvalue weighted by atomic mass is 10.1. The summed E-state index contributed by atoms with van der Waals surface area (Å²) in [7, 11) is 0. The first-order chi connectivity index (χ1) is 14.7. The molecule has 0 unspecified atom stereocenters. The van der Waals surface area contributed by atoms with Crippen molar-refractivity contribution >= 4 is 33.2 Å². The average Bonchev–Trinajstić information content (AvgIpc) is 3.18. The molecule has 1 aliphatic rings. The van der Waals surface area contributed by atoms with Crippen LogP contribution in [0.15, 0.2) is 48.7 Å². The molecule has 2 N–H and O–H groups in total. The number of hydrogen-bond donors (Lipinski definition) is 1. The Labute approximate surface area is 179 Å². The van der Waals surface area contributed by atoms with Crippen LogP contribution in [0.1, 0.15) is 16.0 Å². The first kappa shape index (κ1) is 19.0. The fourth-order valence-corrected chi connectivity index (χ4v) is 4.87. The fraction of sp³-hybridized carbons (Fsp3) is 0.261. The first-order valence-corrected chi connectivity index (χ1v) is 10.9. The molecule has 30 heavy (non-hydrogen) atoms. The van der Waals surface area contributed by atoms with E-state index in [4.69, 9.17) is 15.5 Å². The zero-order valence-corrected chi connectivity index (χ0v) is 17.7. The highest BCUT2D eigenvalue weighted by molar-refractivity contribution is 7.18. The highest BCUT2D eigenvalue weighted by Crippen LogP contribution is 2.32. The van der Waals surface area contributed by atoms with Crippen molar-refractivity contribution < 1.29 is 4.74 Å². The van der Waals surface area contributed by atoms with E-state index in [0.29, 0.717) is 11.6 Å². The van der Waals surface area contributed by atoms with E-state index in [1.165, 1.54) is 16.0 Å². The number of morpholine rings is 1. The van der Waals surface area contributed by atoms with Crippen molar-refractivity contribution in [1.29, 1.82) is 0 Å². The van der Waals surface area contributed by atoms with E-state index >= 15 is 0 Å². The van der Waals surface area contributed by atoms with Gasteiger partial charge in [0.2, 0.25) is 0 Å². The summed E-state index contributed by atoms with van der Waals surface area (Å²) in [6.07, 6.45) is 2.65. The monoisotopic (exact) mass is 417 g/mol. The highest BCUT2D eigenvalue weighted by Gasteiger charge is 2.17. The summed E-state index contributed by atoms with van der Waals surface area (Å²) in [5.41, 5.74) is 9.67. The van der Waals surface area contributed by atoms with E-state index in [9.17, 15) is 0 Å². The second-order valence-electron chi connectivity index (χ2n) is 7.50. The zero-order valence-electron chi connectivity index (χ0n) is 16.8. The molecule has 1 aliphatic heterocycles. The number of aryl methyl sites for hydroxylation is 1. The Balaban J connectivity index is 1.49. The van der Waals surface area contributed by atoms with Gasteiger partial charge in [-0.3, -0.25) is 0 Å². The third kappa shape index (κ3) is 3.74. The molecule has 0 radical (unpaired) electrons. The molecule has 3 aromatic heterocycles. The van der Waals surface area contributed by atoms with E-state index in [0.717, 1.165) is 54.3 Å². The normalized spacial score (nSPS) is 14.4. The third-order valence-corrected chi connectivity index (χ3v) is 6.32. The number of pyridine rings is 1. The highest BCUT2D eigenvalue weighted by atomic mass is 32.1. The van der Waals surface area contributed by atoms with Crippen molar-refractivity contribution in [1.82, 2.24) is 15.0 Å². The average molecular weight is 418 g/mol. The summed E-state index contributed by atoms with van der Waals surface area (Å²) in [5, 5.41) is 0.920. The van der Waals surface area contributed by atoms with Gasteiger partial charge in [0.1, 0.15) is 16.5 Å². The summed E-state index contributed by atoms with van der Waals surface area (Å²) in [4.78, 5) is 18.5. The summed E-state index contributed by atoms with van der Waals surface area (Å²) < 4.78 is 5.49. The number of anilines is 2. The van der Waals surface area contributed by atoms with Gasteiger partial charge in [-0.2, -0.15) is 0 Å². The van der Waals surface area contributed by atoms with Gasteiger partial charge in [-0.05, 0) is 30.7 Å². The maximum absolute atomic E-state index is 6.31. The van der Waals surface area contributed by atoms with Crippen LogP contribution >= 0.6 is 11.3 Å². The van der Waals surface area contributed by atoms with Gasteiger partial charge in [0.15, 0.2) is 5.82 Å². The Morgan fingerprint density at radius 3 is 2.80 bits per heavy atom. The predicted octanol–water partition coefficient (Wildman–Crippen LogP) is 4.07. The smallest absolute Gasteiger partial charge is 0.163 e. The minimum Gasteiger partial charge on any atom is -0.383 e. The number of fused-ring (bicyclic) bond motifs is 1. The van der Waals surface area contributed by atoms with Crippen molar-refractivity contribution in [3.8, 4) is 11.4 Å². The minimum absolute atomic E-state index is 0.526. The lowest BCUT2D eigenvalue weighted by Crippen LogP contribution is -2.37. The first-order valence-electron chi connectivity index (χ1n) is 10.1. The van der Waals surface area contributed by atoms with Crippen LogP contribution in [0.25, 0.3) is 21.6 Å². The largest absolute Gasteiger partial charge is 0.383 e. The van der Waals surface area contributed by atoms with Gasteiger partial charge in [-0.1, -0.05) is 29.8 Å². The molecular weight excluding hydrogens is 394 g/mol. The van der Waals surface area contributed by atoms with Crippen LogP contribution in [-0.4, -0.2) is 41.3 Å². The number of aromatic nitrogens is 3. The number of hydrogen-bond acceptors (Lipinski definition) is 7. The molecule has 152 valence electrons. The number of rotatable bonds is 4. The van der Waals surface area contributed by atoms with Crippen LogP contribution < -0.4 is 10.6 Å². The molecular formula is C23H23N5OS. The van der Waals surface area contributed by atoms with Crippen LogP contribution in [-0.2, 0) is 11.2 Å². The molecule has 0 spiro atoms. The van der Waals surface area contributed by atoms with Crippen LogP contribution in [0.2, 0.25) is 0 Å². The van der Waals surface area contributed by atoms with Gasteiger partial charge in [-0.25, -0.2) is 15.0 Å². The van der Waals surface area contributed by atoms with Crippen molar-refractivity contribution in [3.05, 3.63) is 64.7 Å². The lowest BCUT2D eigenvalue weighted by Gasteiger charge is -2.29. The fourth-order valence-electron chi connectivity index (χ4n) is 3.81. The van der Waals surface area contributed by atoms with Gasteiger partial charge in [-0.15, -0.1) is 11.3 Å². The SMILES string of the molecule is Cc1cccc(-c2nc(N)c3cc(Cc4cccnc4N4CCOCC4)sc3n2)c1. The molecule has 0 amide bonds. The Bertz CT molecular complexity index is 1200. The third-order valence-electron chi connectivity index (χ3n) is 5.29. The van der Waals surface area contributed by atoms with Crippen molar-refractivity contribution in [3.63, 3.8) is 0 Å². The lowest BCUT2D eigenvalue weighted by molar-refractivity contribution is 0.122. The van der Waals surface area contributed by atoms with Gasteiger partial charge in [0.25, 0.3) is 0 Å². The maximum atomic E-state index is 6.31. The summed E-state index contributed by atoms with van der Waals surface area (Å²) in [6, 6.07) is 14.4. The topological polar surface area (TPSA) is 77.2 Å². The molecule has 4 heterocycles. The Morgan fingerprint density at radius 2 is 1.97 bits per heavy atom. The second kappa shape index (κ2) is 8.01. The molecule has 0 saturated carbocycles. The van der Waals surface area contributed by atoms with Gasteiger partial charge in [0.05, 0.1) is 18.6 Å². The number of benzene rings is 1. The number of nitrogen functional groups attached to an aromatic ring is 1. The van der Waals surface area contributed by atoms with Crippen molar-refractivity contribution in [2.45, 2.75) is 13.3 Å². The summed E-state index contributed by atoms with van der Waals surface area (Å²) in [6.45, 7) is 5.29. The Kier molecular flexibility index (Phi) is 5.06. The summed E-state index contributed by atoms with van der Waals surface area (Å²) >= 11 is 1.67. The zero-order chi connectivity index (χ0) is 20.5. The minimum atomic E-state index is 0.526. The van der Waals surface area contributed by atoms with Crippen LogP contribution in [0.5, 0.6) is 0 Å². The standard InChI is InChI=1S/C23H23N5OS/c1-15-4-2-5-16(12-15)21-26-20(24)19-14-18(30-23(19)27-21)13-17-6-3-7-25-22(17)28-8-10-29-11-9-28/h2-7,12,14H,8-11,13H2,1H3,(H2,24,26,27). The number of nitrogens with two attached hydrogens (primary N) is 1. The molecule has 0 atom stereocenters. The Hall–Kier alpha value is -3.03. The van der Waals surface area contributed by atoms with Crippen molar-refractivity contribution in [2.75, 3.05) is 36.9 Å². The van der Waals surface area contributed by atoms with E-state index in [2.05, 4.69) is 46.1 Å². The van der Waals surface area contributed by atoms with Crippen molar-refractivity contribution in [2.24, 2.45) is 0 Å². The molecule has 1 saturated heterocycles. The molecule has 1 fully saturated rings. The van der Waals surface area contributed by atoms with Gasteiger partial charge in [0, 0.05) is 36.1 Å². The Morgan fingerprint density at radius 1 is 1.10 bits per heavy atom. The summed E-state index contributed by atoms with van der Waals surface area (Å²) in [5.74, 6) is 2.24. The molecule has 0 bridgehead atoms. The van der Waals surface area contributed by atoms with E-state index in [1.54, 1.807) is 11.3 Å². The molecule has 7 heteroatoms. The quantitative estimate of drug-likeness (QED) is 0.539. The molecule has 0 aliphatic carbocycles. The van der Waals surface area contributed by atoms with Gasteiger partial charge >= 0.3 is 0 Å². The van der Waals surface area contributed by atoms with Crippen LogP contribution in [0.3, 0.4) is 0 Å². The van der Waals surface area contributed by atoms with E-state index < -0.39 is 0 Å². The number of nitrogens with zero attached hydrogens (tertiary/aromatic N) is 4.